The standard InChI is InChI=1S/C83H106FN15O17/c1-50-77(107)92-66(44-87-72(103)26-32-114-34-35-115-33-31-99(4,5)6)79(109)90-64-38-54-10-8-11-55(36-54)43-86-75(106)49-116-71-25-30-97-76(71)70(102)42-62(51(2)100)78(108)91-65(37-53-14-19-61(113-7)20-15-53)81(111)98-29-9-27-83(98,3)82(112)85-28-24-52-12-16-56(17-13-52)67(89-74(105)23-22-73(104)88-50)48-96-47-60(93-94-96)46-95-45-58(39-57(80(97)110)40-69(64)101)63-41-59(84)18-21-68(63)95/h8,10-21,36,41,45,47,50-51,57,62,64-67,71,76,100H,9,22-35,37-40,42-44,46,48-49H2,1-7H3,(H7-,85,86,87,88,89,90,91,92,103,104,105,106,107,108,109,112)/p+1/t50-,51+,57+,62-,64-,65-,66+,67+,71-,76+,83-/m0/s1. The lowest BCUT2D eigenvalue weighted by atomic mass is 9.87. The van der Waals surface area contributed by atoms with Crippen LogP contribution in [0.3, 0.4) is 0 Å². The van der Waals surface area contributed by atoms with Gasteiger partial charge in [0.2, 0.25) is 59.1 Å². The first kappa shape index (κ1) is 86.0. The molecule has 6 aliphatic heterocycles. The molecular weight excluding hydrogens is 1500 g/mol. The average molecular weight is 1610 g/mol. The highest BCUT2D eigenvalue weighted by molar-refractivity contribution is 6.00. The second-order valence-electron chi connectivity index (χ2n) is 31.9. The molecule has 116 heavy (non-hydrogen) atoms. The van der Waals surface area contributed by atoms with Crippen LogP contribution in [0, 0.1) is 17.7 Å². The summed E-state index contributed by atoms with van der Waals surface area (Å²) in [7, 11) is 7.59. The zero-order chi connectivity index (χ0) is 83.0. The molecule has 6 aliphatic rings. The molecule has 0 spiro atoms. The molecule has 0 unspecified atom stereocenters. The van der Waals surface area contributed by atoms with E-state index in [-0.39, 0.29) is 104 Å². The summed E-state index contributed by atoms with van der Waals surface area (Å²) in [6.45, 7) is 4.70. The third kappa shape index (κ3) is 22.8. The summed E-state index contributed by atoms with van der Waals surface area (Å²) in [5.41, 5.74) is 2.75. The Balaban J connectivity index is 1.02. The van der Waals surface area contributed by atoms with E-state index < -0.39 is 175 Å². The van der Waals surface area contributed by atoms with Gasteiger partial charge in [0.25, 0.3) is 0 Å². The van der Waals surface area contributed by atoms with Gasteiger partial charge in [-0.1, -0.05) is 65.9 Å². The number of benzene rings is 4. The molecule has 32 nitrogen and oxygen atoms in total. The molecule has 11 atom stereocenters. The van der Waals surface area contributed by atoms with E-state index in [1.807, 2.05) is 33.3 Å². The van der Waals surface area contributed by atoms with Crippen LogP contribution in [0.5, 0.6) is 5.75 Å². The van der Waals surface area contributed by atoms with Gasteiger partial charge in [-0.15, -0.1) is 5.10 Å². The number of Topliss-reactive ketones (excluding diaryl/α,β-unsaturated/α-hetero) is 2. The van der Waals surface area contributed by atoms with Crippen molar-refractivity contribution in [2.45, 2.75) is 171 Å². The van der Waals surface area contributed by atoms with E-state index in [0.717, 1.165) is 12.1 Å². The lowest BCUT2D eigenvalue weighted by Gasteiger charge is -2.37. The van der Waals surface area contributed by atoms with Crippen LogP contribution in [-0.4, -0.2) is 252 Å². The number of halogens is 1. The highest BCUT2D eigenvalue weighted by Gasteiger charge is 2.50. The third-order valence-electron chi connectivity index (χ3n) is 22.1. The van der Waals surface area contributed by atoms with Crippen LogP contribution in [0.1, 0.15) is 117 Å². The van der Waals surface area contributed by atoms with Crippen LogP contribution in [0.25, 0.3) is 10.9 Å². The molecule has 4 aromatic carbocycles. The minimum Gasteiger partial charge on any atom is -0.497 e. The van der Waals surface area contributed by atoms with Crippen LogP contribution in [0.15, 0.2) is 103 Å². The zero-order valence-electron chi connectivity index (χ0n) is 66.8. The number of likely N-dealkylation sites (N-methyl/N-ethyl adjacent to an activating group) is 1. The lowest BCUT2D eigenvalue weighted by molar-refractivity contribution is -0.870. The molecule has 2 aromatic heterocycles. The summed E-state index contributed by atoms with van der Waals surface area (Å²) < 4.78 is 43.1. The van der Waals surface area contributed by atoms with Crippen LogP contribution < -0.4 is 47.3 Å². The largest absolute Gasteiger partial charge is 0.497 e. The molecule has 14 bridgehead atoms. The Bertz CT molecular complexity index is 4560. The number of carbonyl (C=O) groups excluding carboxylic acids is 12. The van der Waals surface area contributed by atoms with E-state index in [1.165, 1.54) is 47.6 Å². The van der Waals surface area contributed by atoms with Crippen molar-refractivity contribution in [2.75, 3.05) is 94.0 Å². The summed E-state index contributed by atoms with van der Waals surface area (Å²) in [4.78, 5) is 182. The molecule has 0 radical (unpaired) electrons. The fourth-order valence-electron chi connectivity index (χ4n) is 15.5. The van der Waals surface area contributed by atoms with Gasteiger partial charge in [-0.2, -0.15) is 0 Å². The number of aromatic nitrogens is 4. The molecular formula is C83H107FN15O17+. The van der Waals surface area contributed by atoms with Gasteiger partial charge in [0.1, 0.15) is 60.1 Å². The van der Waals surface area contributed by atoms with E-state index in [2.05, 4.69) is 52.8 Å². The van der Waals surface area contributed by atoms with Crippen molar-refractivity contribution in [3.63, 3.8) is 0 Å². The number of amides is 10. The number of nitrogens with one attached hydrogen (secondary N) is 8. The van der Waals surface area contributed by atoms with Crippen LogP contribution in [-0.2, 0) is 117 Å². The number of aliphatic hydroxyl groups is 1. The van der Waals surface area contributed by atoms with Gasteiger partial charge >= 0.3 is 0 Å². The summed E-state index contributed by atoms with van der Waals surface area (Å²) in [6, 6.07) is 16.4. The number of ketones is 2. The second kappa shape index (κ2) is 39.2. The topological polar surface area (TPSA) is 400 Å². The molecule has 2 saturated heterocycles. The highest BCUT2D eigenvalue weighted by atomic mass is 19.1. The number of hydrogen-bond donors (Lipinski definition) is 9. The molecule has 6 aromatic rings. The number of rotatable bonds is 15. The lowest BCUT2D eigenvalue weighted by Crippen LogP contribution is -2.60. The van der Waals surface area contributed by atoms with E-state index in [4.69, 9.17) is 18.9 Å². The fraction of sp³-hybridized carbons (Fsp3) is 0.518. The maximum Gasteiger partial charge on any atom is 0.246 e. The number of hydrogen-bond acceptors (Lipinski definition) is 19. The maximum absolute atomic E-state index is 16.4. The second-order valence-corrected chi connectivity index (χ2v) is 31.9. The predicted octanol–water partition coefficient (Wildman–Crippen LogP) is 1.51. The SMILES string of the molecule is COc1ccc(C[C@@H]2NC(=O)[C@H]([C@@H](C)O)CC(=O)[C@@H]3[C@@H]4CCN3C(=O)[C@H]3CC(=O)[C@H](Cc5cccc(c5)CNC(=O)CO4)NC(=O)[C@@H](CNC(=O)CCOCCOCC[N+](C)(C)C)NC(=O)[C@H](C)NC(=O)CCC(=O)N[C@H](Cn4cc(nn4)Cn4cc(c5cc(F)ccc54)C3)c3ccc(cc3)CCNC(=O)[C@]3(C)CCCN3C2=O)cc1. The Labute approximate surface area is 672 Å². The van der Waals surface area contributed by atoms with Gasteiger partial charge in [-0.3, -0.25) is 57.5 Å². The van der Waals surface area contributed by atoms with Gasteiger partial charge in [0.15, 0.2) is 11.6 Å². The Morgan fingerprint density at radius 2 is 1.47 bits per heavy atom. The molecule has 0 aliphatic carbocycles. The fourth-order valence-corrected chi connectivity index (χ4v) is 15.5. The first-order chi connectivity index (χ1) is 55.5. The minimum atomic E-state index is -1.67. The Hall–Kier alpha value is -10.9. The van der Waals surface area contributed by atoms with Gasteiger partial charge in [0.05, 0.1) is 104 Å². The first-order valence-electron chi connectivity index (χ1n) is 39.7. The molecule has 0 saturated carbocycles. The summed E-state index contributed by atoms with van der Waals surface area (Å²) in [5.74, 6) is -12.0. The van der Waals surface area contributed by atoms with Crippen LogP contribution in [0.2, 0.25) is 0 Å². The Kier molecular flexibility index (Phi) is 29.0. The van der Waals surface area contributed by atoms with Gasteiger partial charge in [0, 0.05) is 94.3 Å². The zero-order valence-corrected chi connectivity index (χ0v) is 66.8. The Morgan fingerprint density at radius 3 is 2.21 bits per heavy atom. The van der Waals surface area contributed by atoms with Crippen molar-refractivity contribution < 1.29 is 90.5 Å². The van der Waals surface area contributed by atoms with Crippen molar-refractivity contribution >= 4 is 81.5 Å². The predicted molar refractivity (Wildman–Crippen MR) is 419 cm³/mol. The number of nitrogens with zero attached hydrogens (tertiary/aromatic N) is 7. The number of ether oxygens (including phenoxy) is 4. The number of aliphatic hydroxyl groups excluding tert-OH is 1. The molecule has 10 amide bonds. The smallest absolute Gasteiger partial charge is 0.246 e. The Morgan fingerprint density at radius 1 is 0.733 bits per heavy atom. The van der Waals surface area contributed by atoms with E-state index in [1.54, 1.807) is 90.6 Å². The minimum absolute atomic E-state index is 0.00211. The molecule has 33 heteroatoms. The van der Waals surface area contributed by atoms with Crippen molar-refractivity contribution in [1.82, 2.24) is 71.9 Å². The third-order valence-corrected chi connectivity index (χ3v) is 22.1. The highest BCUT2D eigenvalue weighted by Crippen LogP contribution is 2.35. The molecule has 12 rings (SSSR count). The van der Waals surface area contributed by atoms with Crippen molar-refractivity contribution in [3.8, 4) is 5.75 Å². The van der Waals surface area contributed by atoms with E-state index >= 15 is 33.2 Å². The van der Waals surface area contributed by atoms with Gasteiger partial charge < -0.3 is 85.4 Å². The normalized spacial score (nSPS) is 24.7. The molecule has 2 fully saturated rings. The number of carbonyl (C=O) groups is 12. The van der Waals surface area contributed by atoms with Crippen molar-refractivity contribution in [2.24, 2.45) is 11.8 Å². The number of methoxy groups -OCH3 is 1. The quantitative estimate of drug-likeness (QED) is 0.0520. The summed E-state index contributed by atoms with van der Waals surface area (Å²) in [6.07, 6.45) is -1.73. The first-order valence-corrected chi connectivity index (χ1v) is 39.7. The number of fused-ring (bicyclic) bond motifs is 16. The van der Waals surface area contributed by atoms with Crippen molar-refractivity contribution in [3.05, 3.63) is 148 Å². The number of quaternary nitrogens is 1. The summed E-state index contributed by atoms with van der Waals surface area (Å²) >= 11 is 0. The van der Waals surface area contributed by atoms with Gasteiger partial charge in [-0.05, 0) is 123 Å². The van der Waals surface area contributed by atoms with E-state index in [0.29, 0.717) is 74.1 Å². The van der Waals surface area contributed by atoms with Crippen molar-refractivity contribution in [1.29, 1.82) is 0 Å². The van der Waals surface area contributed by atoms with Crippen LogP contribution in [0.4, 0.5) is 4.39 Å². The molecule has 622 valence electrons. The molecule has 9 N–H and O–H groups in total. The maximum atomic E-state index is 16.4. The summed E-state index contributed by atoms with van der Waals surface area (Å²) in [5, 5.41) is 43.6. The van der Waals surface area contributed by atoms with E-state index in [9.17, 15) is 33.9 Å². The monoisotopic (exact) mass is 1600 g/mol. The average Bonchev–Trinajstić information content (AvgIpc) is 1.64. The molecule has 8 heterocycles. The van der Waals surface area contributed by atoms with Gasteiger partial charge in [-0.25, -0.2) is 9.07 Å². The van der Waals surface area contributed by atoms with Crippen LogP contribution >= 0.6 is 0 Å².